The van der Waals surface area contributed by atoms with E-state index in [0.29, 0.717) is 18.7 Å². The molecule has 1 unspecified atom stereocenters. The van der Waals surface area contributed by atoms with Gasteiger partial charge in [0.05, 0.1) is 18.7 Å². The first kappa shape index (κ1) is 20.6. The summed E-state index contributed by atoms with van der Waals surface area (Å²) >= 11 is 0. The number of piperidine rings is 1. The molecule has 1 atom stereocenters. The van der Waals surface area contributed by atoms with E-state index in [1.54, 1.807) is 17.3 Å². The molecule has 28 heavy (non-hydrogen) atoms. The Morgan fingerprint density at radius 2 is 1.89 bits per heavy atom. The van der Waals surface area contributed by atoms with Crippen LogP contribution in [0.4, 0.5) is 5.95 Å². The number of ether oxygens (including phenoxy) is 1. The smallest absolute Gasteiger partial charge is 0.256 e. The summed E-state index contributed by atoms with van der Waals surface area (Å²) in [5, 5.41) is 0. The molecule has 1 amide bonds. The number of aromatic nitrogens is 2. The highest BCUT2D eigenvalue weighted by Crippen LogP contribution is 2.27. The van der Waals surface area contributed by atoms with Crippen molar-refractivity contribution in [3.05, 3.63) is 53.3 Å². The Morgan fingerprint density at radius 1 is 1.18 bits per heavy atom. The van der Waals surface area contributed by atoms with E-state index >= 15 is 0 Å². The maximum absolute atomic E-state index is 12.8. The second-order valence-corrected chi connectivity index (χ2v) is 7.31. The predicted molar refractivity (Wildman–Crippen MR) is 111 cm³/mol. The van der Waals surface area contributed by atoms with E-state index in [1.807, 2.05) is 13.1 Å². The minimum absolute atomic E-state index is 0. The minimum atomic E-state index is -0.0857. The first-order valence-electron chi connectivity index (χ1n) is 9.74. The Labute approximate surface area is 172 Å². The molecule has 1 aromatic carbocycles. The van der Waals surface area contributed by atoms with Crippen LogP contribution in [0, 0.1) is 0 Å². The van der Waals surface area contributed by atoms with Crippen molar-refractivity contribution < 1.29 is 9.53 Å². The van der Waals surface area contributed by atoms with E-state index < -0.39 is 0 Å². The summed E-state index contributed by atoms with van der Waals surface area (Å²) in [7, 11) is 1.81. The summed E-state index contributed by atoms with van der Waals surface area (Å²) < 4.78 is 5.93. The number of anilines is 1. The van der Waals surface area contributed by atoms with Crippen molar-refractivity contribution in [2.75, 3.05) is 38.2 Å². The van der Waals surface area contributed by atoms with Gasteiger partial charge in [-0.2, -0.15) is 0 Å². The maximum Gasteiger partial charge on any atom is 0.256 e. The highest BCUT2D eigenvalue weighted by Gasteiger charge is 2.24. The van der Waals surface area contributed by atoms with Crippen molar-refractivity contribution in [3.63, 3.8) is 0 Å². The van der Waals surface area contributed by atoms with Crippen LogP contribution in [0.25, 0.3) is 0 Å². The molecular formula is C21H27ClN4O2. The summed E-state index contributed by atoms with van der Waals surface area (Å²) in [5.74, 6) is 0.644. The second kappa shape index (κ2) is 9.34. The quantitative estimate of drug-likeness (QED) is 0.785. The van der Waals surface area contributed by atoms with E-state index in [1.165, 1.54) is 30.4 Å². The average Bonchev–Trinajstić information content (AvgIpc) is 2.74. The number of likely N-dealkylation sites (N-methyl/N-ethyl adjacent to an activating group) is 1. The van der Waals surface area contributed by atoms with Gasteiger partial charge < -0.3 is 14.5 Å². The lowest BCUT2D eigenvalue weighted by Gasteiger charge is -2.30. The lowest BCUT2D eigenvalue weighted by Crippen LogP contribution is -2.34. The van der Waals surface area contributed by atoms with E-state index in [4.69, 9.17) is 4.74 Å². The van der Waals surface area contributed by atoms with Crippen LogP contribution >= 0.6 is 12.4 Å². The molecule has 2 aromatic rings. The van der Waals surface area contributed by atoms with Gasteiger partial charge in [-0.15, -0.1) is 12.4 Å². The molecule has 0 aliphatic carbocycles. The SMILES string of the molecule is CN(CC1OCCc2ccccc21)C(=O)c1cnc(N2CCCCC2)nc1.Cl. The van der Waals surface area contributed by atoms with Crippen LogP contribution in [-0.4, -0.2) is 54.1 Å². The largest absolute Gasteiger partial charge is 0.371 e. The van der Waals surface area contributed by atoms with Crippen molar-refractivity contribution >= 4 is 24.3 Å². The standard InChI is InChI=1S/C21H26N4O2.ClH/c1-24(15-19-18-8-4-3-7-16(18)9-12-27-19)20(26)17-13-22-21(23-14-17)25-10-5-2-6-11-25;/h3-4,7-8,13-14,19H,2,5-6,9-12,15H2,1H3;1H. The zero-order valence-corrected chi connectivity index (χ0v) is 17.0. The number of rotatable bonds is 4. The Hall–Kier alpha value is -2.18. The molecule has 0 spiro atoms. The number of fused-ring (bicyclic) bond motifs is 1. The Bertz CT molecular complexity index is 793. The van der Waals surface area contributed by atoms with Crippen LogP contribution in [0.15, 0.2) is 36.7 Å². The van der Waals surface area contributed by atoms with Crippen molar-refractivity contribution in [2.45, 2.75) is 31.8 Å². The van der Waals surface area contributed by atoms with Crippen LogP contribution in [0.3, 0.4) is 0 Å². The molecular weight excluding hydrogens is 376 g/mol. The van der Waals surface area contributed by atoms with Crippen LogP contribution in [-0.2, 0) is 11.2 Å². The zero-order chi connectivity index (χ0) is 18.6. The number of hydrogen-bond acceptors (Lipinski definition) is 5. The van der Waals surface area contributed by atoms with E-state index in [2.05, 4.69) is 33.1 Å². The van der Waals surface area contributed by atoms with Gasteiger partial charge in [0.2, 0.25) is 5.95 Å². The number of hydrogen-bond donors (Lipinski definition) is 0. The lowest BCUT2D eigenvalue weighted by molar-refractivity contribution is 0.0200. The monoisotopic (exact) mass is 402 g/mol. The summed E-state index contributed by atoms with van der Waals surface area (Å²) in [6.07, 6.45) is 7.75. The van der Waals surface area contributed by atoms with Crippen molar-refractivity contribution in [3.8, 4) is 0 Å². The molecule has 1 saturated heterocycles. The summed E-state index contributed by atoms with van der Waals surface area (Å²) in [6.45, 7) is 3.19. The van der Waals surface area contributed by atoms with Gasteiger partial charge in [-0.3, -0.25) is 4.79 Å². The molecule has 0 bridgehead atoms. The molecule has 1 fully saturated rings. The van der Waals surface area contributed by atoms with Gasteiger partial charge in [0, 0.05) is 32.5 Å². The van der Waals surface area contributed by atoms with E-state index in [9.17, 15) is 4.79 Å². The molecule has 150 valence electrons. The first-order chi connectivity index (χ1) is 13.2. The molecule has 6 nitrogen and oxygen atoms in total. The van der Waals surface area contributed by atoms with Gasteiger partial charge in [-0.25, -0.2) is 9.97 Å². The number of benzene rings is 1. The van der Waals surface area contributed by atoms with Crippen molar-refractivity contribution in [2.24, 2.45) is 0 Å². The highest BCUT2D eigenvalue weighted by atomic mass is 35.5. The van der Waals surface area contributed by atoms with Gasteiger partial charge in [0.25, 0.3) is 5.91 Å². The molecule has 7 heteroatoms. The molecule has 0 saturated carbocycles. The number of carbonyl (C=O) groups is 1. The van der Waals surface area contributed by atoms with Crippen LogP contribution in [0.1, 0.15) is 46.9 Å². The van der Waals surface area contributed by atoms with Gasteiger partial charge in [0.15, 0.2) is 0 Å². The van der Waals surface area contributed by atoms with Gasteiger partial charge >= 0.3 is 0 Å². The summed E-state index contributed by atoms with van der Waals surface area (Å²) in [6, 6.07) is 8.31. The fraction of sp³-hybridized carbons (Fsp3) is 0.476. The van der Waals surface area contributed by atoms with Crippen molar-refractivity contribution in [1.82, 2.24) is 14.9 Å². The zero-order valence-electron chi connectivity index (χ0n) is 16.2. The van der Waals surface area contributed by atoms with Crippen LogP contribution in [0.2, 0.25) is 0 Å². The molecule has 0 radical (unpaired) electrons. The predicted octanol–water partition coefficient (Wildman–Crippen LogP) is 3.27. The van der Waals surface area contributed by atoms with E-state index in [0.717, 1.165) is 25.5 Å². The van der Waals surface area contributed by atoms with Crippen molar-refractivity contribution in [1.29, 1.82) is 0 Å². The molecule has 2 aliphatic heterocycles. The summed E-state index contributed by atoms with van der Waals surface area (Å²) in [5.41, 5.74) is 3.01. The number of amides is 1. The third-order valence-electron chi connectivity index (χ3n) is 5.40. The molecule has 1 aromatic heterocycles. The van der Waals surface area contributed by atoms with Gasteiger partial charge in [0.1, 0.15) is 6.10 Å². The fourth-order valence-corrected chi connectivity index (χ4v) is 3.87. The third kappa shape index (κ3) is 4.45. The average molecular weight is 403 g/mol. The topological polar surface area (TPSA) is 58.6 Å². The Kier molecular flexibility index (Phi) is 6.86. The van der Waals surface area contributed by atoms with E-state index in [-0.39, 0.29) is 24.4 Å². The molecule has 0 N–H and O–H groups in total. The Balaban J connectivity index is 0.00000225. The highest BCUT2D eigenvalue weighted by molar-refractivity contribution is 5.93. The normalized spacial score (nSPS) is 18.8. The summed E-state index contributed by atoms with van der Waals surface area (Å²) in [4.78, 5) is 25.5. The van der Waals surface area contributed by atoms with Gasteiger partial charge in [-0.1, -0.05) is 24.3 Å². The number of carbonyl (C=O) groups excluding carboxylic acids is 1. The lowest BCUT2D eigenvalue weighted by atomic mass is 9.97. The first-order valence-corrected chi connectivity index (χ1v) is 9.74. The second-order valence-electron chi connectivity index (χ2n) is 7.31. The van der Waals surface area contributed by atoms with Crippen LogP contribution < -0.4 is 4.90 Å². The molecule has 2 aliphatic rings. The van der Waals surface area contributed by atoms with Crippen LogP contribution in [0.5, 0.6) is 0 Å². The molecule has 4 rings (SSSR count). The number of halogens is 1. The number of nitrogens with zero attached hydrogens (tertiary/aromatic N) is 4. The molecule has 3 heterocycles. The fourth-order valence-electron chi connectivity index (χ4n) is 3.87. The van der Waals surface area contributed by atoms with Gasteiger partial charge in [-0.05, 0) is 36.8 Å². The third-order valence-corrected chi connectivity index (χ3v) is 5.40. The maximum atomic E-state index is 12.8. The minimum Gasteiger partial charge on any atom is -0.371 e. The Morgan fingerprint density at radius 3 is 2.64 bits per heavy atom.